The Labute approximate surface area is 187 Å². The number of amides is 1. The first-order valence-electron chi connectivity index (χ1n) is 10.5. The van der Waals surface area contributed by atoms with Gasteiger partial charge >= 0.3 is 0 Å². The number of rotatable bonds is 6. The number of hydrogen-bond acceptors (Lipinski definition) is 5. The highest BCUT2D eigenvalue weighted by Gasteiger charge is 2.16. The van der Waals surface area contributed by atoms with Gasteiger partial charge in [0.05, 0.1) is 12.6 Å². The van der Waals surface area contributed by atoms with Crippen LogP contribution in [0.1, 0.15) is 38.6 Å². The maximum atomic E-state index is 12.0. The predicted molar refractivity (Wildman–Crippen MR) is 126 cm³/mol. The van der Waals surface area contributed by atoms with Gasteiger partial charge in [-0.05, 0) is 91.3 Å². The minimum absolute atomic E-state index is 0.256. The van der Waals surface area contributed by atoms with Crippen molar-refractivity contribution in [1.29, 1.82) is 0 Å². The fourth-order valence-electron chi connectivity index (χ4n) is 4.07. The first kappa shape index (κ1) is 21.4. The fraction of sp³-hybridized carbons (Fsp3) is 0.231. The third-order valence-corrected chi connectivity index (χ3v) is 5.67. The molecule has 6 nitrogen and oxygen atoms in total. The number of nitrogens with two attached hydrogens (primary N) is 1. The largest absolute Gasteiger partial charge is 0.497 e. The number of ether oxygens (including phenoxy) is 1. The predicted octanol–water partition coefficient (Wildman–Crippen LogP) is 4.51. The molecule has 0 aliphatic heterocycles. The lowest BCUT2D eigenvalue weighted by molar-refractivity contribution is 0.0996. The van der Waals surface area contributed by atoms with Crippen molar-refractivity contribution in [2.45, 2.75) is 33.6 Å². The van der Waals surface area contributed by atoms with E-state index in [9.17, 15) is 4.79 Å². The summed E-state index contributed by atoms with van der Waals surface area (Å²) < 4.78 is 5.41. The molecule has 4 rings (SSSR count). The second kappa shape index (κ2) is 8.75. The smallest absolute Gasteiger partial charge is 0.267 e. The van der Waals surface area contributed by atoms with Gasteiger partial charge in [0.25, 0.3) is 5.91 Å². The second-order valence-corrected chi connectivity index (χ2v) is 8.05. The van der Waals surface area contributed by atoms with Crippen molar-refractivity contribution in [3.05, 3.63) is 82.6 Å². The zero-order chi connectivity index (χ0) is 22.8. The molecule has 0 radical (unpaired) electrons. The quantitative estimate of drug-likeness (QED) is 0.490. The Hall–Kier alpha value is -3.80. The zero-order valence-electron chi connectivity index (χ0n) is 18.8. The molecule has 2 aromatic heterocycles. The molecule has 0 bridgehead atoms. The van der Waals surface area contributed by atoms with Gasteiger partial charge in [-0.2, -0.15) is 0 Å². The molecule has 0 aliphatic rings. The Balaban J connectivity index is 1.79. The van der Waals surface area contributed by atoms with E-state index in [-0.39, 0.29) is 5.69 Å². The number of aromatic nitrogens is 3. The summed E-state index contributed by atoms with van der Waals surface area (Å²) in [6.07, 6.45) is 5.37. The topological polar surface area (TPSA) is 91.0 Å². The van der Waals surface area contributed by atoms with Crippen molar-refractivity contribution >= 4 is 16.8 Å². The van der Waals surface area contributed by atoms with Crippen molar-refractivity contribution in [2.24, 2.45) is 5.73 Å². The molecule has 4 aromatic rings. The third kappa shape index (κ3) is 4.30. The van der Waals surface area contributed by atoms with E-state index in [4.69, 9.17) is 10.5 Å². The highest BCUT2D eigenvalue weighted by atomic mass is 16.5. The van der Waals surface area contributed by atoms with Gasteiger partial charge in [0, 0.05) is 17.8 Å². The van der Waals surface area contributed by atoms with E-state index in [0.29, 0.717) is 0 Å². The van der Waals surface area contributed by atoms with Gasteiger partial charge in [-0.3, -0.25) is 4.79 Å². The van der Waals surface area contributed by atoms with Gasteiger partial charge < -0.3 is 10.5 Å². The van der Waals surface area contributed by atoms with Crippen molar-refractivity contribution in [1.82, 2.24) is 15.0 Å². The van der Waals surface area contributed by atoms with Crippen LogP contribution < -0.4 is 10.5 Å². The van der Waals surface area contributed by atoms with E-state index in [0.717, 1.165) is 68.7 Å². The summed E-state index contributed by atoms with van der Waals surface area (Å²) in [4.78, 5) is 25.1. The molecule has 0 atom stereocenters. The Bertz CT molecular complexity index is 1290. The second-order valence-electron chi connectivity index (χ2n) is 8.05. The van der Waals surface area contributed by atoms with Crippen LogP contribution in [0.15, 0.2) is 48.8 Å². The van der Waals surface area contributed by atoms with Gasteiger partial charge in [0.2, 0.25) is 0 Å². The lowest BCUT2D eigenvalue weighted by Crippen LogP contribution is -2.13. The summed E-state index contributed by atoms with van der Waals surface area (Å²) >= 11 is 0. The van der Waals surface area contributed by atoms with E-state index in [2.05, 4.69) is 27.1 Å². The Morgan fingerprint density at radius 1 is 0.938 bits per heavy atom. The number of methoxy groups -OCH3 is 1. The van der Waals surface area contributed by atoms with Crippen LogP contribution in [0.2, 0.25) is 0 Å². The molecule has 0 saturated carbocycles. The number of fused-ring (bicyclic) bond motifs is 1. The van der Waals surface area contributed by atoms with Crippen LogP contribution in [0.5, 0.6) is 5.75 Å². The monoisotopic (exact) mass is 426 g/mol. The van der Waals surface area contributed by atoms with Crippen LogP contribution in [0.3, 0.4) is 0 Å². The Kier molecular flexibility index (Phi) is 5.86. The van der Waals surface area contributed by atoms with Crippen LogP contribution in [0, 0.1) is 20.8 Å². The number of benzene rings is 2. The van der Waals surface area contributed by atoms with E-state index >= 15 is 0 Å². The van der Waals surface area contributed by atoms with Crippen LogP contribution in [-0.2, 0) is 12.8 Å². The third-order valence-electron chi connectivity index (χ3n) is 5.67. The number of aryl methyl sites for hydroxylation is 5. The summed E-state index contributed by atoms with van der Waals surface area (Å²) in [5.74, 6) is 1.03. The molecule has 6 heteroatoms. The average molecular weight is 427 g/mol. The molecule has 162 valence electrons. The molecule has 0 unspecified atom stereocenters. The minimum atomic E-state index is -0.542. The van der Waals surface area contributed by atoms with E-state index in [1.165, 1.54) is 0 Å². The van der Waals surface area contributed by atoms with Gasteiger partial charge in [-0.1, -0.05) is 12.1 Å². The molecule has 2 N–H and O–H groups in total. The number of primary amides is 1. The number of pyridine rings is 1. The lowest BCUT2D eigenvalue weighted by Gasteiger charge is -2.16. The van der Waals surface area contributed by atoms with E-state index in [1.807, 2.05) is 51.4 Å². The van der Waals surface area contributed by atoms with Gasteiger partial charge in [-0.25, -0.2) is 15.0 Å². The zero-order valence-corrected chi connectivity index (χ0v) is 18.8. The summed E-state index contributed by atoms with van der Waals surface area (Å²) in [5.41, 5.74) is 13.0. The van der Waals surface area contributed by atoms with Crippen molar-refractivity contribution in [2.75, 3.05) is 7.11 Å². The number of carbonyl (C=O) groups excluding carboxylic acids is 1. The molecule has 0 saturated heterocycles. The molecule has 0 spiro atoms. The lowest BCUT2D eigenvalue weighted by atomic mass is 9.91. The van der Waals surface area contributed by atoms with Crippen LogP contribution in [0.4, 0.5) is 0 Å². The van der Waals surface area contributed by atoms with Crippen LogP contribution in [-0.4, -0.2) is 28.0 Å². The fourth-order valence-corrected chi connectivity index (χ4v) is 4.07. The SMILES string of the molecule is COc1cc(C)c(-c2cc(C(N)=O)nc3cc(CCc4cnc(C)nc4)ccc23)c(C)c1. The average Bonchev–Trinajstić information content (AvgIpc) is 2.77. The molecule has 32 heavy (non-hydrogen) atoms. The molecule has 2 heterocycles. The molecular formula is C26H26N4O2. The molecule has 0 fully saturated rings. The number of nitrogens with zero attached hydrogens (tertiary/aromatic N) is 3. The van der Waals surface area contributed by atoms with Gasteiger partial charge in [0.15, 0.2) is 0 Å². The highest BCUT2D eigenvalue weighted by molar-refractivity contribution is 6.02. The first-order chi connectivity index (χ1) is 15.4. The number of hydrogen-bond donors (Lipinski definition) is 1. The van der Waals surface area contributed by atoms with Crippen molar-refractivity contribution in [3.8, 4) is 16.9 Å². The van der Waals surface area contributed by atoms with Crippen LogP contribution in [0.25, 0.3) is 22.0 Å². The molecule has 1 amide bonds. The van der Waals surface area contributed by atoms with Crippen molar-refractivity contribution < 1.29 is 9.53 Å². The maximum absolute atomic E-state index is 12.0. The van der Waals surface area contributed by atoms with Gasteiger partial charge in [0.1, 0.15) is 17.3 Å². The standard InChI is InChI=1S/C26H26N4O2/c1-15-9-20(32-4)10-16(2)25(15)22-12-24(26(27)31)30-23-11-18(7-8-21(22)23)5-6-19-13-28-17(3)29-14-19/h7-14H,5-6H2,1-4H3,(H2,27,31). The Morgan fingerprint density at radius 2 is 1.59 bits per heavy atom. The Morgan fingerprint density at radius 3 is 2.22 bits per heavy atom. The molecule has 2 aromatic carbocycles. The summed E-state index contributed by atoms with van der Waals surface area (Å²) in [6, 6.07) is 12.0. The summed E-state index contributed by atoms with van der Waals surface area (Å²) in [6.45, 7) is 5.96. The highest BCUT2D eigenvalue weighted by Crippen LogP contribution is 2.36. The van der Waals surface area contributed by atoms with Crippen molar-refractivity contribution in [3.63, 3.8) is 0 Å². The van der Waals surface area contributed by atoms with Gasteiger partial charge in [-0.15, -0.1) is 0 Å². The van der Waals surface area contributed by atoms with Crippen LogP contribution >= 0.6 is 0 Å². The maximum Gasteiger partial charge on any atom is 0.267 e. The molecule has 0 aliphatic carbocycles. The normalized spacial score (nSPS) is 11.0. The summed E-state index contributed by atoms with van der Waals surface area (Å²) in [5, 5.41) is 0.980. The van der Waals surface area contributed by atoms with E-state index in [1.54, 1.807) is 13.2 Å². The molecular weight excluding hydrogens is 400 g/mol. The first-order valence-corrected chi connectivity index (χ1v) is 10.5. The summed E-state index contributed by atoms with van der Waals surface area (Å²) in [7, 11) is 1.66. The van der Waals surface area contributed by atoms with E-state index < -0.39 is 5.91 Å². The minimum Gasteiger partial charge on any atom is -0.497 e. The number of carbonyl (C=O) groups is 1.